The molecule has 0 aliphatic carbocycles. The Morgan fingerprint density at radius 3 is 2.74 bits per heavy atom. The first kappa shape index (κ1) is 16.7. The monoisotopic (exact) mass is 330 g/mol. The molecule has 2 aromatic rings. The topological polar surface area (TPSA) is 25.4 Å². The molecule has 1 aliphatic rings. The van der Waals surface area contributed by atoms with Crippen LogP contribution in [0.3, 0.4) is 0 Å². The summed E-state index contributed by atoms with van der Waals surface area (Å²) in [5.74, 6) is 1.09. The number of pyridine rings is 1. The number of rotatable bonds is 5. The molecule has 1 aliphatic heterocycles. The van der Waals surface area contributed by atoms with E-state index in [1.165, 1.54) is 27.1 Å². The molecule has 1 saturated heterocycles. The van der Waals surface area contributed by atoms with Crippen LogP contribution in [0.15, 0.2) is 23.2 Å². The van der Waals surface area contributed by atoms with Crippen molar-refractivity contribution in [1.82, 2.24) is 9.88 Å². The van der Waals surface area contributed by atoms with Crippen molar-refractivity contribution >= 4 is 22.7 Å². The molecule has 0 spiro atoms. The smallest absolute Gasteiger partial charge is 0.1000 e. The van der Waals surface area contributed by atoms with E-state index >= 15 is 0 Å². The van der Waals surface area contributed by atoms with E-state index in [0.29, 0.717) is 0 Å². The van der Waals surface area contributed by atoms with Gasteiger partial charge in [0.05, 0.1) is 23.8 Å². The molecule has 1 fully saturated rings. The van der Waals surface area contributed by atoms with Crippen LogP contribution in [0.5, 0.6) is 0 Å². The van der Waals surface area contributed by atoms with Gasteiger partial charge in [-0.05, 0) is 43.0 Å². The highest BCUT2D eigenvalue weighted by molar-refractivity contribution is 7.99. The average molecular weight is 330 g/mol. The minimum Gasteiger partial charge on any atom is -0.379 e. The molecule has 1 aromatic heterocycles. The minimum absolute atomic E-state index is 0.873. The number of aromatic nitrogens is 1. The Morgan fingerprint density at radius 1 is 1.22 bits per heavy atom. The Labute approximate surface area is 143 Å². The molecule has 1 aromatic carbocycles. The molecule has 0 radical (unpaired) electrons. The lowest BCUT2D eigenvalue weighted by molar-refractivity contribution is 0.0410. The molecule has 3 nitrogen and oxygen atoms in total. The number of fused-ring (bicyclic) bond motifs is 1. The van der Waals surface area contributed by atoms with Crippen LogP contribution < -0.4 is 0 Å². The van der Waals surface area contributed by atoms with Crippen LogP contribution in [0.4, 0.5) is 0 Å². The summed E-state index contributed by atoms with van der Waals surface area (Å²) in [7, 11) is 0. The van der Waals surface area contributed by atoms with Gasteiger partial charge in [-0.1, -0.05) is 19.1 Å². The molecule has 0 bridgehead atoms. The van der Waals surface area contributed by atoms with Gasteiger partial charge in [-0.15, -0.1) is 11.8 Å². The van der Waals surface area contributed by atoms with Gasteiger partial charge in [-0.3, -0.25) is 4.90 Å². The van der Waals surface area contributed by atoms with E-state index in [4.69, 9.17) is 9.72 Å². The second kappa shape index (κ2) is 7.65. The summed E-state index contributed by atoms with van der Waals surface area (Å²) in [5.41, 5.74) is 5.16. The molecule has 2 heterocycles. The largest absolute Gasteiger partial charge is 0.379 e. The average Bonchev–Trinajstić information content (AvgIpc) is 2.59. The summed E-state index contributed by atoms with van der Waals surface area (Å²) in [6.45, 7) is 11.5. The molecule has 0 saturated carbocycles. The van der Waals surface area contributed by atoms with Crippen LogP contribution in [0, 0.1) is 13.8 Å². The van der Waals surface area contributed by atoms with Crippen LogP contribution in [0.1, 0.15) is 23.6 Å². The molecule has 4 heteroatoms. The molecular weight excluding hydrogens is 304 g/mol. The molecule has 0 amide bonds. The van der Waals surface area contributed by atoms with Crippen molar-refractivity contribution in [2.24, 2.45) is 0 Å². The van der Waals surface area contributed by atoms with E-state index < -0.39 is 0 Å². The maximum atomic E-state index is 5.41. The van der Waals surface area contributed by atoms with E-state index in [1.807, 2.05) is 11.8 Å². The Hall–Kier alpha value is -1.10. The highest BCUT2D eigenvalue weighted by Gasteiger charge is 2.12. The van der Waals surface area contributed by atoms with E-state index in [1.54, 1.807) is 0 Å². The summed E-state index contributed by atoms with van der Waals surface area (Å²) in [4.78, 5) is 7.49. The van der Waals surface area contributed by atoms with Crippen molar-refractivity contribution < 1.29 is 4.74 Å². The van der Waals surface area contributed by atoms with Crippen molar-refractivity contribution in [2.75, 3.05) is 38.6 Å². The number of aryl methyl sites for hydroxylation is 3. The van der Waals surface area contributed by atoms with Gasteiger partial charge in [0.15, 0.2) is 0 Å². The van der Waals surface area contributed by atoms with Crippen molar-refractivity contribution in [3.63, 3.8) is 0 Å². The van der Waals surface area contributed by atoms with Gasteiger partial charge in [0.2, 0.25) is 0 Å². The highest BCUT2D eigenvalue weighted by Crippen LogP contribution is 2.28. The van der Waals surface area contributed by atoms with Crippen molar-refractivity contribution in [1.29, 1.82) is 0 Å². The van der Waals surface area contributed by atoms with Crippen LogP contribution in [0.25, 0.3) is 10.9 Å². The number of hydrogen-bond donors (Lipinski definition) is 0. The quantitative estimate of drug-likeness (QED) is 0.778. The summed E-state index contributed by atoms with van der Waals surface area (Å²) in [5, 5.41) is 2.48. The molecule has 0 unspecified atom stereocenters. The lowest BCUT2D eigenvalue weighted by atomic mass is 10.0. The number of benzene rings is 1. The van der Waals surface area contributed by atoms with Crippen LogP contribution in [0.2, 0.25) is 0 Å². The zero-order valence-corrected chi connectivity index (χ0v) is 15.2. The lowest BCUT2D eigenvalue weighted by Crippen LogP contribution is -2.37. The van der Waals surface area contributed by atoms with E-state index in [2.05, 4.69) is 43.9 Å². The molecule has 3 rings (SSSR count). The summed E-state index contributed by atoms with van der Waals surface area (Å²) >= 11 is 1.90. The molecule has 0 atom stereocenters. The SMILES string of the molecule is CCc1cc2ccc(C)c(C)c2nc1SCCN1CCOCC1. The van der Waals surface area contributed by atoms with E-state index in [9.17, 15) is 0 Å². The van der Waals surface area contributed by atoms with Crippen LogP contribution in [-0.2, 0) is 11.2 Å². The first-order valence-electron chi connectivity index (χ1n) is 8.51. The number of morpholine rings is 1. The maximum Gasteiger partial charge on any atom is 0.1000 e. The maximum absolute atomic E-state index is 5.41. The third-order valence-electron chi connectivity index (χ3n) is 4.68. The first-order valence-corrected chi connectivity index (χ1v) is 9.50. The second-order valence-corrected chi connectivity index (χ2v) is 7.27. The second-order valence-electron chi connectivity index (χ2n) is 6.19. The van der Waals surface area contributed by atoms with Gasteiger partial charge >= 0.3 is 0 Å². The highest BCUT2D eigenvalue weighted by atomic mass is 32.2. The zero-order chi connectivity index (χ0) is 16.2. The fourth-order valence-electron chi connectivity index (χ4n) is 2.98. The molecule has 23 heavy (non-hydrogen) atoms. The summed E-state index contributed by atoms with van der Waals surface area (Å²) in [6.07, 6.45) is 1.04. The van der Waals surface area contributed by atoms with E-state index in [0.717, 1.165) is 50.5 Å². The molecule has 0 N–H and O–H groups in total. The predicted molar refractivity (Wildman–Crippen MR) is 98.6 cm³/mol. The predicted octanol–water partition coefficient (Wildman–Crippen LogP) is 3.84. The van der Waals surface area contributed by atoms with Gasteiger partial charge in [0.1, 0.15) is 0 Å². The van der Waals surface area contributed by atoms with Gasteiger partial charge in [-0.25, -0.2) is 4.98 Å². The minimum atomic E-state index is 0.873. The normalized spacial score (nSPS) is 16.1. The molecular formula is C19H26N2OS. The van der Waals surface area contributed by atoms with Gasteiger partial charge in [0.25, 0.3) is 0 Å². The third kappa shape index (κ3) is 3.87. The Kier molecular flexibility index (Phi) is 5.57. The Bertz CT molecular complexity index is 681. The van der Waals surface area contributed by atoms with E-state index in [-0.39, 0.29) is 0 Å². The van der Waals surface area contributed by atoms with Crippen LogP contribution >= 0.6 is 11.8 Å². The third-order valence-corrected chi connectivity index (χ3v) is 5.70. The van der Waals surface area contributed by atoms with Crippen molar-refractivity contribution in [3.05, 3.63) is 34.9 Å². The zero-order valence-electron chi connectivity index (χ0n) is 14.4. The molecule has 124 valence electrons. The lowest BCUT2D eigenvalue weighted by Gasteiger charge is -2.26. The number of thioether (sulfide) groups is 1. The van der Waals surface area contributed by atoms with Gasteiger partial charge in [-0.2, -0.15) is 0 Å². The summed E-state index contributed by atoms with van der Waals surface area (Å²) < 4.78 is 5.41. The number of hydrogen-bond acceptors (Lipinski definition) is 4. The standard InChI is InChI=1S/C19H26N2OS/c1-4-16-13-17-6-5-14(2)15(3)18(17)20-19(16)23-12-9-21-7-10-22-11-8-21/h5-6,13H,4,7-12H2,1-3H3. The van der Waals surface area contributed by atoms with Gasteiger partial charge in [0, 0.05) is 30.8 Å². The van der Waals surface area contributed by atoms with Gasteiger partial charge < -0.3 is 4.74 Å². The van der Waals surface area contributed by atoms with Crippen molar-refractivity contribution in [2.45, 2.75) is 32.2 Å². The Balaban J connectivity index is 1.76. The van der Waals surface area contributed by atoms with Crippen molar-refractivity contribution in [3.8, 4) is 0 Å². The number of nitrogens with zero attached hydrogens (tertiary/aromatic N) is 2. The Morgan fingerprint density at radius 2 is 2.00 bits per heavy atom. The first-order chi connectivity index (χ1) is 11.2. The summed E-state index contributed by atoms with van der Waals surface area (Å²) in [6, 6.07) is 6.72. The van der Waals surface area contributed by atoms with Crippen LogP contribution in [-0.4, -0.2) is 48.5 Å². The fraction of sp³-hybridized carbons (Fsp3) is 0.526. The number of ether oxygens (including phenoxy) is 1. The fourth-order valence-corrected chi connectivity index (χ4v) is 4.07.